The number of hydrogen-bond donors (Lipinski definition) is 0. The van der Waals surface area contributed by atoms with Gasteiger partial charge >= 0.3 is 6.09 Å². The molecule has 0 fully saturated rings. The van der Waals surface area contributed by atoms with Gasteiger partial charge in [0.05, 0.1) is 38.7 Å². The molecule has 0 bridgehead atoms. The van der Waals surface area contributed by atoms with Gasteiger partial charge in [0.15, 0.2) is 0 Å². The average molecular weight is 418 g/mol. The minimum absolute atomic E-state index is 0.260. The molecule has 2 amide bonds. The molecular weight excluding hydrogens is 400 g/mol. The van der Waals surface area contributed by atoms with Gasteiger partial charge in [-0.25, -0.2) is 14.2 Å². The van der Waals surface area contributed by atoms with Crippen molar-refractivity contribution < 1.29 is 14.3 Å². The lowest BCUT2D eigenvalue weighted by Gasteiger charge is -2.30. The third kappa shape index (κ3) is 2.25. The molecular formula is C22H18N4O3S. The van der Waals surface area contributed by atoms with Crippen LogP contribution in [0.5, 0.6) is 0 Å². The number of ether oxygens (including phenoxy) is 1. The first-order valence-corrected chi connectivity index (χ1v) is 10.7. The summed E-state index contributed by atoms with van der Waals surface area (Å²) in [5.41, 5.74) is 3.30. The fraction of sp³-hybridized carbons (Fsp3) is 0.273. The van der Waals surface area contributed by atoms with Crippen LogP contribution in [-0.2, 0) is 11.2 Å². The van der Waals surface area contributed by atoms with Crippen molar-refractivity contribution in [1.29, 1.82) is 0 Å². The van der Waals surface area contributed by atoms with Crippen molar-refractivity contribution in [1.82, 2.24) is 19.5 Å². The number of amides is 2. The number of hydrogen-bond acceptors (Lipinski definition) is 6. The normalized spacial score (nSPS) is 15.0. The number of fused-ring (bicyclic) bond motifs is 5. The van der Waals surface area contributed by atoms with E-state index < -0.39 is 11.7 Å². The number of carbonyl (C=O) groups excluding carboxylic acids is 2. The van der Waals surface area contributed by atoms with E-state index in [0.29, 0.717) is 12.0 Å². The monoisotopic (exact) mass is 418 g/mol. The van der Waals surface area contributed by atoms with Crippen LogP contribution in [0.1, 0.15) is 36.8 Å². The van der Waals surface area contributed by atoms with Crippen LogP contribution in [0.3, 0.4) is 0 Å². The maximum Gasteiger partial charge on any atom is 0.417 e. The van der Waals surface area contributed by atoms with Crippen LogP contribution < -0.4 is 0 Å². The van der Waals surface area contributed by atoms with Gasteiger partial charge in [-0.15, -0.1) is 11.3 Å². The van der Waals surface area contributed by atoms with Crippen molar-refractivity contribution in [2.75, 3.05) is 6.54 Å². The third-order valence-corrected chi connectivity index (χ3v) is 6.42. The van der Waals surface area contributed by atoms with Crippen LogP contribution in [0.4, 0.5) is 4.79 Å². The maximum absolute atomic E-state index is 13.6. The van der Waals surface area contributed by atoms with Gasteiger partial charge in [0.25, 0.3) is 5.91 Å². The minimum Gasteiger partial charge on any atom is -0.443 e. The molecule has 0 saturated heterocycles. The van der Waals surface area contributed by atoms with E-state index in [1.807, 2.05) is 34.3 Å². The molecule has 150 valence electrons. The Morgan fingerprint density at radius 1 is 1.20 bits per heavy atom. The number of aromatic nitrogens is 3. The molecule has 0 aliphatic carbocycles. The summed E-state index contributed by atoms with van der Waals surface area (Å²) >= 11 is 1.57. The molecule has 1 aromatic carbocycles. The van der Waals surface area contributed by atoms with E-state index in [9.17, 15) is 9.59 Å². The predicted molar refractivity (Wildman–Crippen MR) is 116 cm³/mol. The SMILES string of the molecule is CC(C)(C)OC(=O)N1CCc2nc3ccc4cnn5c6ccsc6c(c2C1=O)c3c45. The average Bonchev–Trinajstić information content (AvgIpc) is 3.32. The Balaban J connectivity index is 1.68. The highest BCUT2D eigenvalue weighted by molar-refractivity contribution is 7.18. The van der Waals surface area contributed by atoms with Gasteiger partial charge in [0.2, 0.25) is 0 Å². The van der Waals surface area contributed by atoms with E-state index in [4.69, 9.17) is 9.72 Å². The fourth-order valence-corrected chi connectivity index (χ4v) is 5.27. The molecule has 0 atom stereocenters. The Bertz CT molecular complexity index is 1510. The number of rotatable bonds is 0. The Kier molecular flexibility index (Phi) is 3.32. The van der Waals surface area contributed by atoms with Crippen molar-refractivity contribution in [2.45, 2.75) is 32.8 Å². The number of benzene rings is 1. The zero-order chi connectivity index (χ0) is 20.8. The maximum atomic E-state index is 13.6. The molecule has 30 heavy (non-hydrogen) atoms. The molecule has 8 heteroatoms. The molecule has 0 N–H and O–H groups in total. The summed E-state index contributed by atoms with van der Waals surface area (Å²) in [7, 11) is 0. The highest BCUT2D eigenvalue weighted by atomic mass is 32.1. The summed E-state index contributed by atoms with van der Waals surface area (Å²) in [6, 6.07) is 6.01. The largest absolute Gasteiger partial charge is 0.443 e. The standard InChI is InChI=1S/C22H18N4O3S/c1-22(2,3)29-21(28)25-8-6-13-16(20(25)27)17-15-12(24-13)5-4-11-10-23-26(18(11)15)14-7-9-30-19(14)17/h4-5,7,9-10H,6,8H2,1-3H3. The van der Waals surface area contributed by atoms with Crippen molar-refractivity contribution in [3.63, 3.8) is 0 Å². The zero-order valence-electron chi connectivity index (χ0n) is 16.7. The molecule has 4 aromatic heterocycles. The third-order valence-electron chi connectivity index (χ3n) is 5.50. The first-order valence-electron chi connectivity index (χ1n) is 9.80. The molecule has 0 spiro atoms. The topological polar surface area (TPSA) is 76.8 Å². The van der Waals surface area contributed by atoms with Crippen molar-refractivity contribution in [2.24, 2.45) is 0 Å². The number of thiophene rings is 1. The fourth-order valence-electron chi connectivity index (χ4n) is 4.34. The van der Waals surface area contributed by atoms with Gasteiger partial charge in [-0.05, 0) is 44.4 Å². The smallest absolute Gasteiger partial charge is 0.417 e. The van der Waals surface area contributed by atoms with Gasteiger partial charge < -0.3 is 4.74 Å². The highest BCUT2D eigenvalue weighted by Gasteiger charge is 2.36. The van der Waals surface area contributed by atoms with Gasteiger partial charge in [0.1, 0.15) is 5.60 Å². The summed E-state index contributed by atoms with van der Waals surface area (Å²) in [5.74, 6) is -0.348. The summed E-state index contributed by atoms with van der Waals surface area (Å²) in [6.45, 7) is 5.64. The first-order chi connectivity index (χ1) is 14.3. The van der Waals surface area contributed by atoms with Gasteiger partial charge in [-0.1, -0.05) is 0 Å². The van der Waals surface area contributed by atoms with Gasteiger partial charge in [0, 0.05) is 29.1 Å². The second-order valence-corrected chi connectivity index (χ2v) is 9.50. The van der Waals surface area contributed by atoms with Crippen LogP contribution in [0, 0.1) is 0 Å². The summed E-state index contributed by atoms with van der Waals surface area (Å²) in [6.07, 6.45) is 1.72. The highest BCUT2D eigenvalue weighted by Crippen LogP contribution is 2.41. The van der Waals surface area contributed by atoms with Crippen LogP contribution in [0.2, 0.25) is 0 Å². The number of nitrogens with zero attached hydrogens (tertiary/aromatic N) is 4. The summed E-state index contributed by atoms with van der Waals surface area (Å²) < 4.78 is 8.38. The summed E-state index contributed by atoms with van der Waals surface area (Å²) in [4.78, 5) is 32.3. The second-order valence-electron chi connectivity index (χ2n) is 8.58. The molecule has 1 aliphatic heterocycles. The van der Waals surface area contributed by atoms with Crippen molar-refractivity contribution >= 4 is 60.7 Å². The number of carbonyl (C=O) groups is 2. The molecule has 5 heterocycles. The number of pyridine rings is 2. The van der Waals surface area contributed by atoms with Crippen LogP contribution in [0.25, 0.3) is 37.4 Å². The van der Waals surface area contributed by atoms with Crippen LogP contribution >= 0.6 is 11.3 Å². The first kappa shape index (κ1) is 17.6. The predicted octanol–water partition coefficient (Wildman–Crippen LogP) is 4.62. The zero-order valence-corrected chi connectivity index (χ0v) is 17.5. The van der Waals surface area contributed by atoms with Gasteiger partial charge in [-0.2, -0.15) is 5.10 Å². The van der Waals surface area contributed by atoms with Crippen LogP contribution in [-0.4, -0.2) is 43.6 Å². The Morgan fingerprint density at radius 2 is 2.03 bits per heavy atom. The lowest BCUT2D eigenvalue weighted by molar-refractivity contribution is 0.0233. The van der Waals surface area contributed by atoms with E-state index in [2.05, 4.69) is 5.10 Å². The van der Waals surface area contributed by atoms with E-state index in [0.717, 1.165) is 43.1 Å². The Morgan fingerprint density at radius 3 is 2.83 bits per heavy atom. The Hall–Kier alpha value is -3.26. The quantitative estimate of drug-likeness (QED) is 0.367. The summed E-state index contributed by atoms with van der Waals surface area (Å²) in [5, 5.41) is 9.33. The molecule has 0 unspecified atom stereocenters. The Labute approximate surface area is 175 Å². The van der Waals surface area contributed by atoms with Crippen molar-refractivity contribution in [3.05, 3.63) is 41.0 Å². The van der Waals surface area contributed by atoms with E-state index in [1.54, 1.807) is 32.1 Å². The lowest BCUT2D eigenvalue weighted by Crippen LogP contribution is -2.45. The molecule has 1 aliphatic rings. The van der Waals surface area contributed by atoms with Gasteiger partial charge in [-0.3, -0.25) is 9.78 Å². The second kappa shape index (κ2) is 5.66. The molecule has 6 rings (SSSR count). The van der Waals surface area contributed by atoms with Crippen LogP contribution in [0.15, 0.2) is 29.8 Å². The van der Waals surface area contributed by atoms with Crippen molar-refractivity contribution in [3.8, 4) is 0 Å². The molecule has 0 saturated carbocycles. The number of imide groups is 1. The molecule has 0 radical (unpaired) electrons. The van der Waals surface area contributed by atoms with E-state index in [-0.39, 0.29) is 12.5 Å². The minimum atomic E-state index is -0.673. The van der Waals surface area contributed by atoms with E-state index >= 15 is 0 Å². The molecule has 5 aromatic rings. The lowest BCUT2D eigenvalue weighted by atomic mass is 9.95. The molecule has 7 nitrogen and oxygen atoms in total. The van der Waals surface area contributed by atoms with E-state index in [1.165, 1.54) is 4.90 Å².